The summed E-state index contributed by atoms with van der Waals surface area (Å²) < 4.78 is 5.30. The lowest BCUT2D eigenvalue weighted by atomic mass is 9.98. The van der Waals surface area contributed by atoms with Crippen molar-refractivity contribution in [3.05, 3.63) is 65.2 Å². The molecule has 3 amide bonds. The van der Waals surface area contributed by atoms with Crippen molar-refractivity contribution in [3.63, 3.8) is 0 Å². The van der Waals surface area contributed by atoms with Crippen molar-refractivity contribution in [2.24, 2.45) is 0 Å². The maximum Gasteiger partial charge on any atom is 0.408 e. The van der Waals surface area contributed by atoms with Gasteiger partial charge < -0.3 is 20.3 Å². The fourth-order valence-corrected chi connectivity index (χ4v) is 3.81. The third-order valence-corrected chi connectivity index (χ3v) is 5.61. The van der Waals surface area contributed by atoms with E-state index in [9.17, 15) is 14.4 Å². The second-order valence-electron chi connectivity index (χ2n) is 9.07. The average Bonchev–Trinajstić information content (AvgIpc) is 2.76. The standard InChI is InChI=1S/C26H35N3O4S/c1-7-29(24(31)21(16-34)28-25(32)33-26(4,5)6)22(19-14-10-8-12-17(19)2)23(30)27-20-15-11-9-13-18(20)3/h8-15,21-22,34H,7,16H2,1-6H3,(H,27,30)(H,28,32). The van der Waals surface area contributed by atoms with Gasteiger partial charge in [-0.1, -0.05) is 42.5 Å². The number of nitrogens with zero attached hydrogens (tertiary/aromatic N) is 1. The molecule has 0 aliphatic heterocycles. The molecule has 0 radical (unpaired) electrons. The average molecular weight is 486 g/mol. The van der Waals surface area contributed by atoms with E-state index in [1.165, 1.54) is 4.90 Å². The largest absolute Gasteiger partial charge is 0.444 e. The molecule has 34 heavy (non-hydrogen) atoms. The number of carbonyl (C=O) groups excluding carboxylic acids is 3. The molecule has 2 aromatic carbocycles. The molecule has 2 unspecified atom stereocenters. The van der Waals surface area contributed by atoms with Crippen molar-refractivity contribution in [2.45, 2.75) is 59.2 Å². The first-order chi connectivity index (χ1) is 16.0. The highest BCUT2D eigenvalue weighted by molar-refractivity contribution is 7.80. The van der Waals surface area contributed by atoms with Gasteiger partial charge in [0.15, 0.2) is 0 Å². The molecule has 0 saturated carbocycles. The van der Waals surface area contributed by atoms with Gasteiger partial charge in [-0.25, -0.2) is 4.79 Å². The number of ether oxygens (including phenoxy) is 1. The number of alkyl carbamates (subject to hydrolysis) is 1. The van der Waals surface area contributed by atoms with Crippen LogP contribution in [0.5, 0.6) is 0 Å². The van der Waals surface area contributed by atoms with Crippen molar-refractivity contribution in [1.82, 2.24) is 10.2 Å². The minimum atomic E-state index is -0.962. The Hall–Kier alpha value is -3.00. The number of rotatable bonds is 8. The van der Waals surface area contributed by atoms with E-state index in [4.69, 9.17) is 4.74 Å². The third-order valence-electron chi connectivity index (χ3n) is 5.24. The number of carbonyl (C=O) groups is 3. The SMILES string of the molecule is CCN(C(=O)C(CS)NC(=O)OC(C)(C)C)C(C(=O)Nc1ccccc1C)c1ccccc1C. The Balaban J connectivity index is 2.41. The molecule has 2 atom stereocenters. The second kappa shape index (κ2) is 11.9. The molecular formula is C26H35N3O4S. The molecule has 2 N–H and O–H groups in total. The maximum atomic E-state index is 13.6. The number of aryl methyl sites for hydroxylation is 2. The highest BCUT2D eigenvalue weighted by atomic mass is 32.1. The van der Waals surface area contributed by atoms with Crippen molar-refractivity contribution in [1.29, 1.82) is 0 Å². The highest BCUT2D eigenvalue weighted by Gasteiger charge is 2.35. The number of para-hydroxylation sites is 1. The smallest absolute Gasteiger partial charge is 0.408 e. The molecule has 2 rings (SSSR count). The fourth-order valence-electron chi connectivity index (χ4n) is 3.56. The molecule has 7 nitrogen and oxygen atoms in total. The molecule has 0 aromatic heterocycles. The van der Waals surface area contributed by atoms with E-state index in [1.54, 1.807) is 27.7 Å². The monoisotopic (exact) mass is 485 g/mol. The van der Waals surface area contributed by atoms with Crippen LogP contribution in [0.3, 0.4) is 0 Å². The van der Waals surface area contributed by atoms with Crippen LogP contribution in [0.15, 0.2) is 48.5 Å². The molecule has 0 spiro atoms. The summed E-state index contributed by atoms with van der Waals surface area (Å²) in [5, 5.41) is 5.57. The lowest BCUT2D eigenvalue weighted by Crippen LogP contribution is -2.53. The first-order valence-electron chi connectivity index (χ1n) is 11.3. The fraction of sp³-hybridized carbons (Fsp3) is 0.423. The van der Waals surface area contributed by atoms with E-state index >= 15 is 0 Å². The summed E-state index contributed by atoms with van der Waals surface area (Å²) in [6.45, 7) is 11.1. The van der Waals surface area contributed by atoms with E-state index in [0.29, 0.717) is 11.3 Å². The molecule has 0 aliphatic rings. The number of hydrogen-bond donors (Lipinski definition) is 3. The molecular weight excluding hydrogens is 450 g/mol. The predicted molar refractivity (Wildman–Crippen MR) is 138 cm³/mol. The number of thiol groups is 1. The van der Waals surface area contributed by atoms with Crippen LogP contribution < -0.4 is 10.6 Å². The third kappa shape index (κ3) is 7.25. The molecule has 0 fully saturated rings. The van der Waals surface area contributed by atoms with Crippen LogP contribution in [0.2, 0.25) is 0 Å². The molecule has 2 aromatic rings. The van der Waals surface area contributed by atoms with Crippen LogP contribution in [-0.2, 0) is 14.3 Å². The van der Waals surface area contributed by atoms with Crippen molar-refractivity contribution in [3.8, 4) is 0 Å². The van der Waals surface area contributed by atoms with Gasteiger partial charge >= 0.3 is 6.09 Å². The quantitative estimate of drug-likeness (QED) is 0.475. The summed E-state index contributed by atoms with van der Waals surface area (Å²) >= 11 is 4.28. The lowest BCUT2D eigenvalue weighted by Gasteiger charge is -2.34. The maximum absolute atomic E-state index is 13.6. The minimum Gasteiger partial charge on any atom is -0.444 e. The van der Waals surface area contributed by atoms with Crippen molar-refractivity contribution in [2.75, 3.05) is 17.6 Å². The van der Waals surface area contributed by atoms with Gasteiger partial charge in [0.1, 0.15) is 17.7 Å². The summed E-state index contributed by atoms with van der Waals surface area (Å²) in [7, 11) is 0. The topological polar surface area (TPSA) is 87.7 Å². The predicted octanol–water partition coefficient (Wildman–Crippen LogP) is 4.65. The van der Waals surface area contributed by atoms with Crippen LogP contribution in [0, 0.1) is 13.8 Å². The number of likely N-dealkylation sites (N-methyl/N-ethyl adjacent to an activating group) is 1. The highest BCUT2D eigenvalue weighted by Crippen LogP contribution is 2.27. The Bertz CT molecular complexity index is 1020. The zero-order valence-corrected chi connectivity index (χ0v) is 21.6. The van der Waals surface area contributed by atoms with Gasteiger partial charge in [0.05, 0.1) is 0 Å². The van der Waals surface area contributed by atoms with E-state index in [2.05, 4.69) is 23.3 Å². The van der Waals surface area contributed by atoms with E-state index in [-0.39, 0.29) is 18.2 Å². The van der Waals surface area contributed by atoms with Crippen LogP contribution in [0.25, 0.3) is 0 Å². The Morgan fingerprint density at radius 3 is 2.12 bits per heavy atom. The van der Waals surface area contributed by atoms with Gasteiger partial charge in [0.25, 0.3) is 5.91 Å². The summed E-state index contributed by atoms with van der Waals surface area (Å²) in [5.41, 5.74) is 2.46. The zero-order chi connectivity index (χ0) is 25.5. The minimum absolute atomic E-state index is 0.0501. The normalized spacial score (nSPS) is 12.9. The van der Waals surface area contributed by atoms with Gasteiger partial charge in [-0.15, -0.1) is 0 Å². The van der Waals surface area contributed by atoms with E-state index in [1.807, 2.05) is 62.4 Å². The number of amides is 3. The molecule has 8 heteroatoms. The van der Waals surface area contributed by atoms with E-state index < -0.39 is 29.7 Å². The Morgan fingerprint density at radius 2 is 1.59 bits per heavy atom. The zero-order valence-electron chi connectivity index (χ0n) is 20.7. The first kappa shape index (κ1) is 27.2. The first-order valence-corrected chi connectivity index (χ1v) is 11.9. The summed E-state index contributed by atoms with van der Waals surface area (Å²) in [6.07, 6.45) is -0.715. The molecule has 0 saturated heterocycles. The van der Waals surface area contributed by atoms with Crippen LogP contribution in [0.1, 0.15) is 50.4 Å². The Morgan fingerprint density at radius 1 is 1.00 bits per heavy atom. The number of anilines is 1. The second-order valence-corrected chi connectivity index (χ2v) is 9.43. The summed E-state index contributed by atoms with van der Waals surface area (Å²) in [4.78, 5) is 41.0. The van der Waals surface area contributed by atoms with Gasteiger partial charge in [0, 0.05) is 18.0 Å². The molecule has 0 bridgehead atoms. The number of hydrogen-bond acceptors (Lipinski definition) is 5. The Labute approximate surface area is 207 Å². The van der Waals surface area contributed by atoms with Crippen molar-refractivity contribution >= 4 is 36.2 Å². The van der Waals surface area contributed by atoms with E-state index in [0.717, 1.165) is 11.1 Å². The van der Waals surface area contributed by atoms with Gasteiger partial charge in [-0.2, -0.15) is 12.6 Å². The summed E-state index contributed by atoms with van der Waals surface area (Å²) in [6, 6.07) is 13.1. The summed E-state index contributed by atoms with van der Waals surface area (Å²) in [5.74, 6) is -0.709. The van der Waals surface area contributed by atoms with Crippen molar-refractivity contribution < 1.29 is 19.1 Å². The van der Waals surface area contributed by atoms with Gasteiger partial charge in [-0.3, -0.25) is 9.59 Å². The van der Waals surface area contributed by atoms with Gasteiger partial charge in [0.2, 0.25) is 5.91 Å². The Kier molecular flexibility index (Phi) is 9.55. The van der Waals surface area contributed by atoms with Crippen LogP contribution in [-0.4, -0.2) is 46.7 Å². The van der Waals surface area contributed by atoms with Crippen LogP contribution >= 0.6 is 12.6 Å². The lowest BCUT2D eigenvalue weighted by molar-refractivity contribution is -0.140. The van der Waals surface area contributed by atoms with Crippen LogP contribution in [0.4, 0.5) is 10.5 Å². The molecule has 184 valence electrons. The molecule has 0 heterocycles. The number of nitrogens with one attached hydrogen (secondary N) is 2. The molecule has 0 aliphatic carbocycles. The van der Waals surface area contributed by atoms with Gasteiger partial charge in [-0.05, 0) is 64.3 Å². The number of benzene rings is 2.